The Labute approximate surface area is 295 Å². The number of Topliss-reactive ketones (excluding diaryl/α,β-unsaturated/α-hetero) is 1. The molecule has 16 heteroatoms. The lowest BCUT2D eigenvalue weighted by Gasteiger charge is -2.46. The van der Waals surface area contributed by atoms with Crippen LogP contribution in [0.4, 0.5) is 9.18 Å². The Morgan fingerprint density at radius 2 is 1.82 bits per heavy atom. The largest absolute Gasteiger partial charge is 0.455 e. The molecule has 15 nitrogen and oxygen atoms in total. The van der Waals surface area contributed by atoms with E-state index in [9.17, 15) is 19.5 Å². The van der Waals surface area contributed by atoms with E-state index in [-0.39, 0.29) is 37.6 Å². The fraction of sp³-hybridized carbons (Fsp3) is 0.912. The molecular weight excluding hydrogens is 655 g/mol. The number of halogens is 1. The summed E-state index contributed by atoms with van der Waals surface area (Å²) in [4.78, 5) is 47.8. The van der Waals surface area contributed by atoms with Crippen LogP contribution in [0.5, 0.6) is 0 Å². The number of amides is 1. The highest BCUT2D eigenvalue weighted by atomic mass is 19.1. The number of fused-ring (bicyclic) bond motifs is 1. The van der Waals surface area contributed by atoms with Gasteiger partial charge in [0.15, 0.2) is 17.7 Å². The third kappa shape index (κ3) is 8.71. The summed E-state index contributed by atoms with van der Waals surface area (Å²) in [5, 5.41) is 14.5. The van der Waals surface area contributed by atoms with Gasteiger partial charge in [0.1, 0.15) is 12.2 Å². The van der Waals surface area contributed by atoms with Crippen molar-refractivity contribution < 1.29 is 47.6 Å². The predicted octanol–water partition coefficient (Wildman–Crippen LogP) is 3.89. The van der Waals surface area contributed by atoms with E-state index in [0.717, 1.165) is 6.92 Å². The molecule has 0 bridgehead atoms. The van der Waals surface area contributed by atoms with E-state index in [1.54, 1.807) is 32.6 Å². The number of aliphatic hydroxyl groups is 1. The summed E-state index contributed by atoms with van der Waals surface area (Å²) >= 11 is 0. The summed E-state index contributed by atoms with van der Waals surface area (Å²) in [7, 11) is 3.39. The zero-order valence-corrected chi connectivity index (χ0v) is 31.3. The number of ketones is 1. The number of carbonyl (C=O) groups excluding carboxylic acids is 3. The highest BCUT2D eigenvalue weighted by Crippen LogP contribution is 2.41. The molecule has 3 unspecified atom stereocenters. The second-order valence-electron chi connectivity index (χ2n) is 15.1. The number of unbranched alkanes of at least 4 members (excludes halogenated alkanes) is 1. The number of esters is 1. The Kier molecular flexibility index (Phi) is 14.1. The molecule has 286 valence electrons. The van der Waals surface area contributed by atoms with E-state index in [0.29, 0.717) is 32.2 Å². The Hall–Kier alpha value is -2.59. The molecule has 3 aliphatic rings. The predicted molar refractivity (Wildman–Crippen MR) is 182 cm³/mol. The minimum Gasteiger partial charge on any atom is -0.455 e. The molecule has 3 saturated heterocycles. The highest BCUT2D eigenvalue weighted by molar-refractivity contribution is 6.07. The van der Waals surface area contributed by atoms with Crippen molar-refractivity contribution in [2.75, 3.05) is 33.8 Å². The van der Waals surface area contributed by atoms with Crippen molar-refractivity contribution in [3.8, 4) is 0 Å². The van der Waals surface area contributed by atoms with E-state index in [2.05, 4.69) is 14.9 Å². The molecule has 1 amide bonds. The number of carbonyl (C=O) groups is 3. The van der Waals surface area contributed by atoms with Gasteiger partial charge in [-0.25, -0.2) is 14.0 Å². The lowest BCUT2D eigenvalue weighted by Crippen LogP contribution is -2.61. The van der Waals surface area contributed by atoms with Crippen LogP contribution in [0.3, 0.4) is 0 Å². The molecule has 0 aromatic heterocycles. The lowest BCUT2D eigenvalue weighted by atomic mass is 9.77. The normalized spacial score (nSPS) is 42.5. The van der Waals surface area contributed by atoms with Crippen molar-refractivity contribution in [1.82, 2.24) is 9.80 Å². The van der Waals surface area contributed by atoms with E-state index < -0.39 is 77.3 Å². The first-order chi connectivity index (χ1) is 23.3. The molecule has 13 atom stereocenters. The van der Waals surface area contributed by atoms with Crippen LogP contribution >= 0.6 is 0 Å². The zero-order valence-electron chi connectivity index (χ0n) is 31.3. The standard InChI is InChI=1S/C34H59FN6O9/c1-11-24-34(8)26(41(31(45)50-34)15-13-12-14-38-39-37)22(5)40(9)18-19(2)17-32(6,46-10)28(21(4)27(43)33(7,35)30(44)48-24)49-29-25(42)23(36)16-20(3)47-29/h19-26,28-29,42H,11-18,36H2,1-10H3/t19-,20?,21-,22-,23?,24-,25?,26-,28-,29+,32-,33-,34-/m1/s1. The van der Waals surface area contributed by atoms with E-state index in [1.807, 2.05) is 20.9 Å². The summed E-state index contributed by atoms with van der Waals surface area (Å²) in [6, 6.07) is -1.65. The molecule has 3 heterocycles. The van der Waals surface area contributed by atoms with Crippen LogP contribution in [0, 0.1) is 11.8 Å². The van der Waals surface area contributed by atoms with Gasteiger partial charge in [-0.3, -0.25) is 9.69 Å². The fourth-order valence-electron chi connectivity index (χ4n) is 8.08. The quantitative estimate of drug-likeness (QED) is 0.0877. The molecular formula is C34H59FN6O9. The molecule has 0 saturated carbocycles. The number of hydrogen-bond donors (Lipinski definition) is 2. The highest BCUT2D eigenvalue weighted by Gasteiger charge is 2.60. The van der Waals surface area contributed by atoms with Crippen molar-refractivity contribution in [2.24, 2.45) is 22.7 Å². The van der Waals surface area contributed by atoms with E-state index in [1.165, 1.54) is 14.0 Å². The van der Waals surface area contributed by atoms with Gasteiger partial charge in [-0.15, -0.1) is 0 Å². The first-order valence-electron chi connectivity index (χ1n) is 17.7. The van der Waals surface area contributed by atoms with Crippen molar-refractivity contribution >= 4 is 17.8 Å². The number of hydrogen-bond acceptors (Lipinski definition) is 12. The minimum absolute atomic E-state index is 0.109. The summed E-state index contributed by atoms with van der Waals surface area (Å²) in [5.74, 6) is -3.92. The molecule has 0 aliphatic carbocycles. The molecule has 3 aliphatic heterocycles. The van der Waals surface area contributed by atoms with Gasteiger partial charge < -0.3 is 39.4 Å². The molecule has 0 radical (unpaired) electrons. The van der Waals surface area contributed by atoms with Crippen LogP contribution in [-0.2, 0) is 33.3 Å². The Bertz CT molecular complexity index is 1260. The van der Waals surface area contributed by atoms with Gasteiger partial charge in [0.25, 0.3) is 5.67 Å². The van der Waals surface area contributed by atoms with Gasteiger partial charge in [-0.1, -0.05) is 25.9 Å². The lowest BCUT2D eigenvalue weighted by molar-refractivity contribution is -0.289. The maximum atomic E-state index is 16.7. The number of cyclic esters (lactones) is 1. The van der Waals surface area contributed by atoms with Crippen molar-refractivity contribution in [2.45, 2.75) is 153 Å². The number of methoxy groups -OCH3 is 1. The smallest absolute Gasteiger partial charge is 0.410 e. The number of azide groups is 1. The number of alkyl halides is 1. The first kappa shape index (κ1) is 41.8. The number of ether oxygens (including phenoxy) is 5. The van der Waals surface area contributed by atoms with Gasteiger partial charge >= 0.3 is 12.1 Å². The van der Waals surface area contributed by atoms with Crippen molar-refractivity contribution in [3.63, 3.8) is 0 Å². The molecule has 3 N–H and O–H groups in total. The Morgan fingerprint density at radius 3 is 2.42 bits per heavy atom. The summed E-state index contributed by atoms with van der Waals surface area (Å²) < 4.78 is 46.9. The first-order valence-corrected chi connectivity index (χ1v) is 17.7. The molecule has 0 spiro atoms. The average Bonchev–Trinajstić information content (AvgIpc) is 3.31. The van der Waals surface area contributed by atoms with Gasteiger partial charge in [-0.05, 0) is 85.2 Å². The third-order valence-electron chi connectivity index (χ3n) is 11.0. The number of aliphatic hydroxyl groups excluding tert-OH is 1. The summed E-state index contributed by atoms with van der Waals surface area (Å²) in [5.41, 5.74) is 9.04. The number of likely N-dealkylation sites (N-methyl/N-ethyl adjacent to an activating group) is 1. The van der Waals surface area contributed by atoms with Crippen LogP contribution in [0.15, 0.2) is 5.11 Å². The van der Waals surface area contributed by atoms with Gasteiger partial charge in [0.2, 0.25) is 0 Å². The molecule has 0 aromatic rings. The number of nitrogens with zero attached hydrogens (tertiary/aromatic N) is 5. The van der Waals surface area contributed by atoms with Crippen LogP contribution in [0.1, 0.15) is 87.5 Å². The Morgan fingerprint density at radius 1 is 1.16 bits per heavy atom. The SMILES string of the molecule is CC[C@H]1OC(=O)[C@](C)(F)C(=O)[C@@H](C)[C@@H](O[C@@H]2OC(C)CC(N)C2O)[C@](C)(OC)C[C@@H](C)CN(C)[C@H](C)[C@H]2N(CCCCN=[N+]=[N-])C(=O)O[C@]12C. The average molecular weight is 715 g/mol. The van der Waals surface area contributed by atoms with E-state index in [4.69, 9.17) is 34.9 Å². The molecule has 50 heavy (non-hydrogen) atoms. The van der Waals surface area contributed by atoms with Crippen LogP contribution in [0.2, 0.25) is 0 Å². The van der Waals surface area contributed by atoms with Gasteiger partial charge in [0.05, 0.1) is 23.9 Å². The molecule has 0 aromatic carbocycles. The van der Waals surface area contributed by atoms with Gasteiger partial charge in [-0.2, -0.15) is 0 Å². The molecule has 3 fully saturated rings. The third-order valence-corrected chi connectivity index (χ3v) is 11.0. The maximum absolute atomic E-state index is 16.7. The molecule has 3 rings (SSSR count). The monoisotopic (exact) mass is 714 g/mol. The topological polar surface area (TPSA) is 199 Å². The van der Waals surface area contributed by atoms with Crippen LogP contribution in [-0.4, -0.2) is 132 Å². The van der Waals surface area contributed by atoms with Crippen molar-refractivity contribution in [1.29, 1.82) is 0 Å². The number of nitrogens with two attached hydrogens (primary N) is 1. The van der Waals surface area contributed by atoms with E-state index >= 15 is 4.39 Å². The second-order valence-corrected chi connectivity index (χ2v) is 15.1. The fourth-order valence-corrected chi connectivity index (χ4v) is 8.08. The summed E-state index contributed by atoms with van der Waals surface area (Å²) in [6.07, 6.45) is -3.80. The van der Waals surface area contributed by atoms with Crippen LogP contribution < -0.4 is 5.73 Å². The Balaban J connectivity index is 2.10. The minimum atomic E-state index is -3.14. The zero-order chi connectivity index (χ0) is 37.8. The number of rotatable bonds is 9. The van der Waals surface area contributed by atoms with Crippen molar-refractivity contribution in [3.05, 3.63) is 10.4 Å². The summed E-state index contributed by atoms with van der Waals surface area (Å²) in [6.45, 7) is 14.3. The maximum Gasteiger partial charge on any atom is 0.410 e. The second kappa shape index (κ2) is 16.8. The van der Waals surface area contributed by atoms with Crippen LogP contribution in [0.25, 0.3) is 10.4 Å². The van der Waals surface area contributed by atoms with Gasteiger partial charge in [0, 0.05) is 49.7 Å².